The van der Waals surface area contributed by atoms with Gasteiger partial charge < -0.3 is 10.6 Å². The molecule has 0 heterocycles. The van der Waals surface area contributed by atoms with Crippen molar-refractivity contribution in [2.24, 2.45) is 0 Å². The molecule has 0 fully saturated rings. The van der Waals surface area contributed by atoms with E-state index < -0.39 is 0 Å². The molecular formula is C11H14N2OS. The highest BCUT2D eigenvalue weighted by atomic mass is 32.2. The van der Waals surface area contributed by atoms with Crippen LogP contribution in [0.5, 0.6) is 0 Å². The molecule has 80 valence electrons. The first-order valence-corrected chi connectivity index (χ1v) is 5.81. The average Bonchev–Trinajstić information content (AvgIpc) is 2.26. The Morgan fingerprint density at radius 1 is 1.47 bits per heavy atom. The third kappa shape index (κ3) is 4.08. The number of anilines is 1. The van der Waals surface area contributed by atoms with Gasteiger partial charge in [0.25, 0.3) is 0 Å². The highest BCUT2D eigenvalue weighted by Crippen LogP contribution is 2.18. The summed E-state index contributed by atoms with van der Waals surface area (Å²) in [5.41, 5.74) is 0.795. The molecule has 0 unspecified atom stereocenters. The van der Waals surface area contributed by atoms with Crippen LogP contribution in [0.1, 0.15) is 6.92 Å². The van der Waals surface area contributed by atoms with E-state index in [1.165, 1.54) is 0 Å². The first-order chi connectivity index (χ1) is 7.26. The van der Waals surface area contributed by atoms with E-state index in [9.17, 15) is 4.79 Å². The second kappa shape index (κ2) is 6.14. The van der Waals surface area contributed by atoms with Crippen LogP contribution in [0.3, 0.4) is 0 Å². The first-order valence-electron chi connectivity index (χ1n) is 4.59. The van der Waals surface area contributed by atoms with E-state index in [1.54, 1.807) is 24.0 Å². The highest BCUT2D eigenvalue weighted by Gasteiger charge is 1.99. The number of hydrogen-bond acceptors (Lipinski definition) is 2. The molecule has 0 radical (unpaired) electrons. The number of rotatable bonds is 3. The quantitative estimate of drug-likeness (QED) is 0.772. The van der Waals surface area contributed by atoms with Crippen molar-refractivity contribution < 1.29 is 4.79 Å². The van der Waals surface area contributed by atoms with Gasteiger partial charge in [0.05, 0.1) is 0 Å². The van der Waals surface area contributed by atoms with Crippen LogP contribution in [0, 0.1) is 0 Å². The Labute approximate surface area is 94.0 Å². The van der Waals surface area contributed by atoms with Gasteiger partial charge in [0, 0.05) is 16.8 Å². The molecule has 0 atom stereocenters. The molecule has 2 N–H and O–H groups in total. The topological polar surface area (TPSA) is 41.1 Å². The van der Waals surface area contributed by atoms with E-state index in [-0.39, 0.29) is 6.03 Å². The molecule has 0 aromatic heterocycles. The minimum absolute atomic E-state index is 0.230. The molecule has 2 amide bonds. The van der Waals surface area contributed by atoms with Crippen molar-refractivity contribution >= 4 is 23.5 Å². The molecule has 15 heavy (non-hydrogen) atoms. The van der Waals surface area contributed by atoms with Crippen LogP contribution in [-0.4, -0.2) is 12.3 Å². The van der Waals surface area contributed by atoms with Crippen molar-refractivity contribution in [1.29, 1.82) is 0 Å². The third-order valence-electron chi connectivity index (χ3n) is 1.71. The zero-order valence-electron chi connectivity index (χ0n) is 8.78. The summed E-state index contributed by atoms with van der Waals surface area (Å²) in [4.78, 5) is 12.4. The van der Waals surface area contributed by atoms with Crippen LogP contribution in [0.25, 0.3) is 0 Å². The van der Waals surface area contributed by atoms with Gasteiger partial charge in [-0.15, -0.1) is 11.8 Å². The summed E-state index contributed by atoms with van der Waals surface area (Å²) in [7, 11) is 0. The van der Waals surface area contributed by atoms with Gasteiger partial charge in [0.2, 0.25) is 0 Å². The number of amides is 2. The van der Waals surface area contributed by atoms with E-state index >= 15 is 0 Å². The van der Waals surface area contributed by atoms with E-state index in [0.29, 0.717) is 0 Å². The lowest BCUT2D eigenvalue weighted by Crippen LogP contribution is -2.23. The number of carbonyl (C=O) groups excluding carboxylic acids is 1. The zero-order valence-corrected chi connectivity index (χ0v) is 9.60. The second-order valence-corrected chi connectivity index (χ2v) is 3.71. The molecule has 1 rings (SSSR count). The Morgan fingerprint density at radius 2 is 2.27 bits per heavy atom. The summed E-state index contributed by atoms with van der Waals surface area (Å²) in [6.07, 6.45) is 5.35. The summed E-state index contributed by atoms with van der Waals surface area (Å²) >= 11 is 1.64. The Bertz CT molecular complexity index is 363. The maximum Gasteiger partial charge on any atom is 0.323 e. The lowest BCUT2D eigenvalue weighted by atomic mass is 10.3. The van der Waals surface area contributed by atoms with Gasteiger partial charge in [-0.05, 0) is 31.4 Å². The molecule has 4 heteroatoms. The van der Waals surface area contributed by atoms with Gasteiger partial charge in [0.15, 0.2) is 0 Å². The first kappa shape index (κ1) is 11.7. The van der Waals surface area contributed by atoms with Crippen LogP contribution >= 0.6 is 11.8 Å². The minimum atomic E-state index is -0.230. The lowest BCUT2D eigenvalue weighted by Gasteiger charge is -2.05. The van der Waals surface area contributed by atoms with Crippen molar-refractivity contribution in [2.75, 3.05) is 11.6 Å². The smallest absolute Gasteiger partial charge is 0.315 e. The van der Waals surface area contributed by atoms with Crippen LogP contribution in [0.2, 0.25) is 0 Å². The number of benzene rings is 1. The third-order valence-corrected chi connectivity index (χ3v) is 2.43. The normalized spacial score (nSPS) is 10.3. The standard InChI is InChI=1S/C11H14N2OS/c1-3-7-12-11(14)13-9-5-4-6-10(8-9)15-2/h3-8H,1-2H3,(H2,12,13,14)/b7-3+. The van der Waals surface area contributed by atoms with E-state index in [1.807, 2.05) is 37.4 Å². The molecular weight excluding hydrogens is 208 g/mol. The maximum atomic E-state index is 11.3. The molecule has 0 saturated heterocycles. The summed E-state index contributed by atoms with van der Waals surface area (Å²) in [5.74, 6) is 0. The van der Waals surface area contributed by atoms with Crippen LogP contribution in [0.4, 0.5) is 10.5 Å². The van der Waals surface area contributed by atoms with Gasteiger partial charge in [-0.2, -0.15) is 0 Å². The summed E-state index contributed by atoms with van der Waals surface area (Å²) in [5, 5.41) is 5.32. The van der Waals surface area contributed by atoms with E-state index in [2.05, 4.69) is 10.6 Å². The van der Waals surface area contributed by atoms with Crippen LogP contribution in [0.15, 0.2) is 41.4 Å². The van der Waals surface area contributed by atoms with Gasteiger partial charge in [-0.1, -0.05) is 12.1 Å². The van der Waals surface area contributed by atoms with Crippen molar-refractivity contribution in [3.8, 4) is 0 Å². The maximum absolute atomic E-state index is 11.3. The van der Waals surface area contributed by atoms with E-state index in [0.717, 1.165) is 10.6 Å². The van der Waals surface area contributed by atoms with Crippen molar-refractivity contribution in [2.45, 2.75) is 11.8 Å². The molecule has 3 nitrogen and oxygen atoms in total. The van der Waals surface area contributed by atoms with Crippen molar-refractivity contribution in [3.05, 3.63) is 36.5 Å². The minimum Gasteiger partial charge on any atom is -0.315 e. The van der Waals surface area contributed by atoms with Crippen molar-refractivity contribution in [1.82, 2.24) is 5.32 Å². The number of nitrogens with one attached hydrogen (secondary N) is 2. The molecule has 0 aliphatic rings. The molecule has 0 spiro atoms. The molecule has 0 aliphatic carbocycles. The SMILES string of the molecule is C/C=C/NC(=O)Nc1cccc(SC)c1. The number of hydrogen-bond donors (Lipinski definition) is 2. The average molecular weight is 222 g/mol. The number of carbonyl (C=O) groups is 1. The fraction of sp³-hybridized carbons (Fsp3) is 0.182. The van der Waals surface area contributed by atoms with Crippen LogP contribution in [-0.2, 0) is 0 Å². The number of urea groups is 1. The highest BCUT2D eigenvalue weighted by molar-refractivity contribution is 7.98. The Morgan fingerprint density at radius 3 is 2.93 bits per heavy atom. The number of allylic oxidation sites excluding steroid dienone is 1. The largest absolute Gasteiger partial charge is 0.323 e. The summed E-state index contributed by atoms with van der Waals surface area (Å²) in [6.45, 7) is 1.84. The Kier molecular flexibility index (Phi) is 4.77. The van der Waals surface area contributed by atoms with Gasteiger partial charge in [-0.25, -0.2) is 4.79 Å². The Balaban J connectivity index is 2.59. The predicted octanol–water partition coefficient (Wildman–Crippen LogP) is 3.06. The molecule has 0 aliphatic heterocycles. The van der Waals surface area contributed by atoms with Crippen molar-refractivity contribution in [3.63, 3.8) is 0 Å². The second-order valence-electron chi connectivity index (χ2n) is 2.83. The fourth-order valence-corrected chi connectivity index (χ4v) is 1.49. The fourth-order valence-electron chi connectivity index (χ4n) is 1.03. The zero-order chi connectivity index (χ0) is 11.1. The predicted molar refractivity (Wildman–Crippen MR) is 65.2 cm³/mol. The summed E-state index contributed by atoms with van der Waals surface area (Å²) in [6, 6.07) is 7.47. The molecule has 1 aromatic rings. The molecule has 1 aromatic carbocycles. The van der Waals surface area contributed by atoms with Gasteiger partial charge in [-0.3, -0.25) is 0 Å². The van der Waals surface area contributed by atoms with E-state index in [4.69, 9.17) is 0 Å². The van der Waals surface area contributed by atoms with Gasteiger partial charge in [0.1, 0.15) is 0 Å². The monoisotopic (exact) mass is 222 g/mol. The van der Waals surface area contributed by atoms with Crippen LogP contribution < -0.4 is 10.6 Å². The summed E-state index contributed by atoms with van der Waals surface area (Å²) < 4.78 is 0. The van der Waals surface area contributed by atoms with Gasteiger partial charge >= 0.3 is 6.03 Å². The molecule has 0 bridgehead atoms. The number of thioether (sulfide) groups is 1. The lowest BCUT2D eigenvalue weighted by molar-refractivity contribution is 0.255. The Hall–Kier alpha value is -1.42. The molecule has 0 saturated carbocycles.